The Balaban J connectivity index is 1.15. The van der Waals surface area contributed by atoms with E-state index >= 15 is 0 Å². The van der Waals surface area contributed by atoms with E-state index in [9.17, 15) is 14.9 Å². The third-order valence-electron chi connectivity index (χ3n) is 8.46. The number of anilines is 2. The highest BCUT2D eigenvalue weighted by Crippen LogP contribution is 2.28. The number of amides is 3. The van der Waals surface area contributed by atoms with Gasteiger partial charge in [-0.1, -0.05) is 62.7 Å². The number of nitrogens with zero attached hydrogens (tertiary/aromatic N) is 4. The van der Waals surface area contributed by atoms with Crippen molar-refractivity contribution in [2.24, 2.45) is 5.92 Å². The van der Waals surface area contributed by atoms with Crippen molar-refractivity contribution in [2.75, 3.05) is 23.7 Å². The summed E-state index contributed by atoms with van der Waals surface area (Å²) in [5, 5.41) is 20.0. The molecule has 2 heterocycles. The van der Waals surface area contributed by atoms with Gasteiger partial charge in [0.05, 0.1) is 23.4 Å². The number of nitriles is 1. The first-order valence-corrected chi connectivity index (χ1v) is 15.6. The fourth-order valence-electron chi connectivity index (χ4n) is 5.59. The third-order valence-corrected chi connectivity index (χ3v) is 8.46. The number of benzene rings is 3. The molecule has 0 radical (unpaired) electrons. The first-order valence-electron chi connectivity index (χ1n) is 15.6. The van der Waals surface area contributed by atoms with Crippen molar-refractivity contribution in [3.63, 3.8) is 0 Å². The molecule has 0 bridgehead atoms. The van der Waals surface area contributed by atoms with Gasteiger partial charge >= 0.3 is 6.03 Å². The number of rotatable bonds is 7. The van der Waals surface area contributed by atoms with Crippen LogP contribution >= 0.6 is 0 Å². The molecule has 1 aliphatic heterocycles. The lowest BCUT2D eigenvalue weighted by Crippen LogP contribution is -2.39. The Morgan fingerprint density at radius 1 is 0.978 bits per heavy atom. The van der Waals surface area contributed by atoms with Crippen LogP contribution in [0.5, 0.6) is 0 Å². The maximum absolute atomic E-state index is 13.1. The highest BCUT2D eigenvalue weighted by molar-refractivity contribution is 5.99. The van der Waals surface area contributed by atoms with Crippen molar-refractivity contribution in [1.82, 2.24) is 14.7 Å². The molecule has 45 heavy (non-hydrogen) atoms. The molecule has 2 N–H and O–H groups in total. The SMILES string of the molecule is Cc1ccc(-n2nc(C(C)(C)C)cc2NC(=O)Nc2ccc(CC3CCN(C(=O)c4cccc([C@@H](C)C#N)c4)CC3)cc2)cc1. The fraction of sp³-hybridized carbons (Fsp3) is 0.351. The molecule has 232 valence electrons. The topological polar surface area (TPSA) is 103 Å². The number of carbonyl (C=O) groups is 2. The van der Waals surface area contributed by atoms with Crippen molar-refractivity contribution in [2.45, 2.75) is 65.2 Å². The number of aryl methyl sites for hydroxylation is 1. The van der Waals surface area contributed by atoms with Crippen molar-refractivity contribution >= 4 is 23.4 Å². The summed E-state index contributed by atoms with van der Waals surface area (Å²) in [6.45, 7) is 11.6. The molecule has 0 aliphatic carbocycles. The van der Waals surface area contributed by atoms with Gasteiger partial charge in [-0.15, -0.1) is 0 Å². The van der Waals surface area contributed by atoms with Crippen molar-refractivity contribution in [3.05, 3.63) is 107 Å². The first kappa shape index (κ1) is 31.5. The van der Waals surface area contributed by atoms with E-state index in [1.807, 2.05) is 85.5 Å². The van der Waals surface area contributed by atoms with Gasteiger partial charge in [-0.2, -0.15) is 10.4 Å². The van der Waals surface area contributed by atoms with E-state index < -0.39 is 0 Å². The smallest absolute Gasteiger partial charge is 0.324 e. The fourth-order valence-corrected chi connectivity index (χ4v) is 5.59. The second kappa shape index (κ2) is 13.4. The summed E-state index contributed by atoms with van der Waals surface area (Å²) in [5.41, 5.74) is 6.18. The Kier molecular flexibility index (Phi) is 9.38. The standard InChI is InChI=1S/C37H42N6O2/c1-25-9-15-32(16-10-25)43-34(23-33(41-43)37(3,4)5)40-36(45)39-31-13-11-27(12-14-31)21-28-17-19-42(20-18-28)35(44)30-8-6-7-29(22-30)26(2)24-38/h6-16,22-23,26,28H,17-21H2,1-5H3,(H2,39,40,45)/t26-/m0/s1. The van der Waals surface area contributed by atoms with Crippen molar-refractivity contribution in [3.8, 4) is 11.8 Å². The monoisotopic (exact) mass is 602 g/mol. The third kappa shape index (κ3) is 7.79. The molecule has 0 unspecified atom stereocenters. The van der Waals surface area contributed by atoms with E-state index in [1.54, 1.807) is 4.68 Å². The molecule has 1 aromatic heterocycles. The molecule has 4 aromatic rings. The highest BCUT2D eigenvalue weighted by Gasteiger charge is 2.25. The summed E-state index contributed by atoms with van der Waals surface area (Å²) in [7, 11) is 0. The highest BCUT2D eigenvalue weighted by atomic mass is 16.2. The number of likely N-dealkylation sites (tertiary alicyclic amines) is 1. The van der Waals surface area contributed by atoms with Crippen molar-refractivity contribution in [1.29, 1.82) is 5.26 Å². The minimum absolute atomic E-state index is 0.0330. The number of aromatic nitrogens is 2. The van der Waals surface area contributed by atoms with Crippen LogP contribution in [-0.2, 0) is 11.8 Å². The Labute approximate surface area is 266 Å². The average molecular weight is 603 g/mol. The van der Waals surface area contributed by atoms with E-state index in [0.29, 0.717) is 23.0 Å². The molecule has 3 aromatic carbocycles. The zero-order valence-electron chi connectivity index (χ0n) is 26.8. The predicted molar refractivity (Wildman–Crippen MR) is 179 cm³/mol. The van der Waals surface area contributed by atoms with E-state index in [0.717, 1.165) is 54.9 Å². The Bertz CT molecular complexity index is 1680. The summed E-state index contributed by atoms with van der Waals surface area (Å²) >= 11 is 0. The zero-order chi connectivity index (χ0) is 32.1. The molecule has 3 amide bonds. The Morgan fingerprint density at radius 2 is 1.67 bits per heavy atom. The summed E-state index contributed by atoms with van der Waals surface area (Å²) < 4.78 is 1.77. The Hall–Kier alpha value is -4.90. The van der Waals surface area contributed by atoms with Crippen LogP contribution in [0.3, 0.4) is 0 Å². The van der Waals surface area contributed by atoms with Crippen LogP contribution in [0.1, 0.15) is 79.2 Å². The summed E-state index contributed by atoms with van der Waals surface area (Å²) in [4.78, 5) is 28.1. The van der Waals surface area contributed by atoms with Gasteiger partial charge in [-0.25, -0.2) is 9.48 Å². The second-order valence-electron chi connectivity index (χ2n) is 13.1. The number of hydrogen-bond acceptors (Lipinski definition) is 4. The number of nitrogens with one attached hydrogen (secondary N) is 2. The number of urea groups is 1. The maximum atomic E-state index is 13.1. The van der Waals surface area contributed by atoms with Gasteiger partial charge in [-0.05, 0) is 86.6 Å². The average Bonchev–Trinajstić information content (AvgIpc) is 3.46. The Morgan fingerprint density at radius 3 is 2.31 bits per heavy atom. The van der Waals surface area contributed by atoms with Gasteiger partial charge in [0, 0.05) is 35.8 Å². The molecular weight excluding hydrogens is 560 g/mol. The minimum atomic E-state index is -0.332. The molecule has 0 spiro atoms. The molecule has 1 aliphatic rings. The lowest BCUT2D eigenvalue weighted by Gasteiger charge is -2.32. The maximum Gasteiger partial charge on any atom is 0.324 e. The van der Waals surface area contributed by atoms with E-state index in [1.165, 1.54) is 5.56 Å². The molecule has 8 nitrogen and oxygen atoms in total. The van der Waals surface area contributed by atoms with Crippen LogP contribution in [-0.4, -0.2) is 39.7 Å². The van der Waals surface area contributed by atoms with E-state index in [4.69, 9.17) is 5.10 Å². The van der Waals surface area contributed by atoms with Crippen molar-refractivity contribution < 1.29 is 9.59 Å². The normalized spacial score (nSPS) is 14.4. The molecule has 1 atom stereocenters. The molecule has 1 fully saturated rings. The van der Waals surface area contributed by atoms with Gasteiger partial charge in [-0.3, -0.25) is 10.1 Å². The summed E-state index contributed by atoms with van der Waals surface area (Å²) in [5.74, 6) is 0.882. The quantitative estimate of drug-likeness (QED) is 0.225. The van der Waals surface area contributed by atoms with Gasteiger partial charge < -0.3 is 10.2 Å². The van der Waals surface area contributed by atoms with Gasteiger partial charge in [0.1, 0.15) is 5.82 Å². The number of hydrogen-bond donors (Lipinski definition) is 2. The van der Waals surface area contributed by atoms with Crippen LogP contribution in [0.2, 0.25) is 0 Å². The second-order valence-corrected chi connectivity index (χ2v) is 13.1. The minimum Gasteiger partial charge on any atom is -0.339 e. The van der Waals surface area contributed by atoms with Crippen LogP contribution in [0.15, 0.2) is 78.9 Å². The predicted octanol–water partition coefficient (Wildman–Crippen LogP) is 7.84. The lowest BCUT2D eigenvalue weighted by molar-refractivity contribution is 0.0690. The van der Waals surface area contributed by atoms with Crippen LogP contribution in [0.4, 0.5) is 16.3 Å². The molecule has 1 saturated heterocycles. The van der Waals surface area contributed by atoms with Gasteiger partial charge in [0.2, 0.25) is 0 Å². The van der Waals surface area contributed by atoms with Crippen LogP contribution in [0, 0.1) is 24.2 Å². The molecule has 0 saturated carbocycles. The van der Waals surface area contributed by atoms with Gasteiger partial charge in [0.25, 0.3) is 5.91 Å². The number of piperidine rings is 1. The van der Waals surface area contributed by atoms with E-state index in [-0.39, 0.29) is 23.3 Å². The lowest BCUT2D eigenvalue weighted by atomic mass is 9.89. The van der Waals surface area contributed by atoms with Gasteiger partial charge in [0.15, 0.2) is 0 Å². The van der Waals surface area contributed by atoms with Crippen LogP contribution in [0.25, 0.3) is 5.69 Å². The van der Waals surface area contributed by atoms with E-state index in [2.05, 4.69) is 49.6 Å². The molecule has 8 heteroatoms. The molecular formula is C37H42N6O2. The zero-order valence-corrected chi connectivity index (χ0v) is 26.8. The number of carbonyl (C=O) groups excluding carboxylic acids is 2. The van der Waals surface area contributed by atoms with Crippen LogP contribution < -0.4 is 10.6 Å². The largest absolute Gasteiger partial charge is 0.339 e. The summed E-state index contributed by atoms with van der Waals surface area (Å²) in [6.07, 6.45) is 2.80. The first-order chi connectivity index (χ1) is 21.5. The summed E-state index contributed by atoms with van der Waals surface area (Å²) in [6, 6.07) is 27.3. The molecule has 5 rings (SSSR count).